The van der Waals surface area contributed by atoms with Crippen molar-refractivity contribution in [2.45, 2.75) is 51.5 Å². The van der Waals surface area contributed by atoms with Gasteiger partial charge in [-0.2, -0.15) is 0 Å². The zero-order chi connectivity index (χ0) is 16.9. The summed E-state index contributed by atoms with van der Waals surface area (Å²) in [5.74, 6) is -2.06. The van der Waals surface area contributed by atoms with Gasteiger partial charge in [-0.05, 0) is 6.08 Å². The SMILES string of the molecule is C=C=C[C@@H]1OC(OC(C)=O)[C@@H](O)[C@H](OC(C)=O)[C@@H]1OC(C)=O. The molecule has 8 heteroatoms. The molecule has 1 unspecified atom stereocenters. The van der Waals surface area contributed by atoms with Crippen molar-refractivity contribution < 1.29 is 38.4 Å². The first kappa shape index (κ1) is 17.9. The van der Waals surface area contributed by atoms with E-state index >= 15 is 0 Å². The topological polar surface area (TPSA) is 108 Å². The Morgan fingerprint density at radius 3 is 2.00 bits per heavy atom. The second-order valence-electron chi connectivity index (χ2n) is 4.59. The van der Waals surface area contributed by atoms with Gasteiger partial charge in [-0.1, -0.05) is 6.58 Å². The summed E-state index contributed by atoms with van der Waals surface area (Å²) in [4.78, 5) is 33.5. The largest absolute Gasteiger partial charge is 0.455 e. The van der Waals surface area contributed by atoms with Crippen molar-refractivity contribution in [3.63, 3.8) is 0 Å². The lowest BCUT2D eigenvalue weighted by molar-refractivity contribution is -0.284. The molecule has 0 aromatic rings. The summed E-state index contributed by atoms with van der Waals surface area (Å²) in [5.41, 5.74) is 2.45. The third-order valence-electron chi connectivity index (χ3n) is 2.72. The van der Waals surface area contributed by atoms with Crippen molar-refractivity contribution in [1.82, 2.24) is 0 Å². The van der Waals surface area contributed by atoms with E-state index in [0.29, 0.717) is 0 Å². The predicted octanol–water partition coefficient (Wildman–Crippen LogP) is -0.160. The summed E-state index contributed by atoms with van der Waals surface area (Å²) in [6.45, 7) is 6.80. The van der Waals surface area contributed by atoms with Gasteiger partial charge in [0.25, 0.3) is 0 Å². The van der Waals surface area contributed by atoms with Gasteiger partial charge in [0.05, 0.1) is 0 Å². The third-order valence-corrected chi connectivity index (χ3v) is 2.72. The second kappa shape index (κ2) is 7.74. The Hall–Kier alpha value is -2.15. The Morgan fingerprint density at radius 1 is 1.05 bits per heavy atom. The maximum Gasteiger partial charge on any atom is 0.305 e. The van der Waals surface area contributed by atoms with Gasteiger partial charge in [-0.15, -0.1) is 5.73 Å². The molecule has 0 spiro atoms. The van der Waals surface area contributed by atoms with E-state index in [-0.39, 0.29) is 0 Å². The van der Waals surface area contributed by atoms with Crippen molar-refractivity contribution in [3.8, 4) is 0 Å². The molecule has 1 aliphatic heterocycles. The number of hydrogen-bond donors (Lipinski definition) is 1. The number of hydrogen-bond acceptors (Lipinski definition) is 8. The van der Waals surface area contributed by atoms with E-state index in [1.165, 1.54) is 6.08 Å². The second-order valence-corrected chi connectivity index (χ2v) is 4.59. The molecule has 0 amide bonds. The fraction of sp³-hybridized carbons (Fsp3) is 0.571. The van der Waals surface area contributed by atoms with Crippen molar-refractivity contribution >= 4 is 17.9 Å². The zero-order valence-corrected chi connectivity index (χ0v) is 12.5. The first-order chi connectivity index (χ1) is 10.3. The van der Waals surface area contributed by atoms with E-state index in [1.807, 2.05) is 0 Å². The van der Waals surface area contributed by atoms with Gasteiger partial charge in [0.1, 0.15) is 6.10 Å². The number of aliphatic hydroxyl groups excluding tert-OH is 1. The maximum atomic E-state index is 11.2. The molecule has 0 aromatic heterocycles. The summed E-state index contributed by atoms with van der Waals surface area (Å²) in [5, 5.41) is 10.2. The van der Waals surface area contributed by atoms with Crippen molar-refractivity contribution in [2.75, 3.05) is 0 Å². The molecule has 1 fully saturated rings. The Labute approximate surface area is 127 Å². The monoisotopic (exact) mass is 314 g/mol. The third kappa shape index (κ3) is 4.70. The quantitative estimate of drug-likeness (QED) is 0.433. The lowest BCUT2D eigenvalue weighted by atomic mass is 9.98. The Morgan fingerprint density at radius 2 is 1.55 bits per heavy atom. The summed E-state index contributed by atoms with van der Waals surface area (Å²) in [7, 11) is 0. The Bertz CT molecular complexity index is 493. The van der Waals surface area contributed by atoms with Gasteiger partial charge >= 0.3 is 17.9 Å². The molecule has 1 rings (SSSR count). The summed E-state index contributed by atoms with van der Waals surface area (Å²) in [6, 6.07) is 0. The number of carbonyl (C=O) groups is 3. The molecule has 8 nitrogen and oxygen atoms in total. The van der Waals surface area contributed by atoms with E-state index in [9.17, 15) is 19.5 Å². The van der Waals surface area contributed by atoms with Crippen molar-refractivity contribution in [2.24, 2.45) is 0 Å². The minimum Gasteiger partial charge on any atom is -0.455 e. The molecule has 1 heterocycles. The fourth-order valence-corrected chi connectivity index (χ4v) is 2.01. The van der Waals surface area contributed by atoms with Gasteiger partial charge in [-0.3, -0.25) is 14.4 Å². The fourth-order valence-electron chi connectivity index (χ4n) is 2.01. The average molecular weight is 314 g/mol. The lowest BCUT2D eigenvalue weighted by Crippen LogP contribution is -2.60. The average Bonchev–Trinajstić information content (AvgIpc) is 2.38. The predicted molar refractivity (Wildman–Crippen MR) is 71.3 cm³/mol. The van der Waals surface area contributed by atoms with Crippen LogP contribution >= 0.6 is 0 Å². The number of carbonyl (C=O) groups excluding carboxylic acids is 3. The smallest absolute Gasteiger partial charge is 0.305 e. The minimum absolute atomic E-state index is 0.661. The number of rotatable bonds is 4. The minimum atomic E-state index is -1.52. The molecule has 1 saturated heterocycles. The molecule has 0 aliphatic carbocycles. The number of ether oxygens (including phenoxy) is 4. The highest BCUT2D eigenvalue weighted by molar-refractivity contribution is 5.68. The van der Waals surface area contributed by atoms with Crippen molar-refractivity contribution in [1.29, 1.82) is 0 Å². The van der Waals surface area contributed by atoms with Gasteiger partial charge < -0.3 is 24.1 Å². The van der Waals surface area contributed by atoms with E-state index in [4.69, 9.17) is 18.9 Å². The standard InChI is InChI=1S/C14H18O8/c1-5-6-10-12(19-7(2)15)13(20-8(3)16)11(18)14(22-10)21-9(4)17/h6,10-14,18H,1H2,2-4H3/t10-,11-,12+,13-,14?/m0/s1. The molecule has 0 saturated carbocycles. The van der Waals surface area contributed by atoms with Gasteiger partial charge in [-0.25, -0.2) is 0 Å². The van der Waals surface area contributed by atoms with Crippen LogP contribution in [0.5, 0.6) is 0 Å². The van der Waals surface area contributed by atoms with Crippen LogP contribution in [-0.2, 0) is 33.3 Å². The first-order valence-electron chi connectivity index (χ1n) is 6.47. The summed E-state index contributed by atoms with van der Waals surface area (Å²) >= 11 is 0. The molecule has 0 bridgehead atoms. The highest BCUT2D eigenvalue weighted by atomic mass is 16.7. The zero-order valence-electron chi connectivity index (χ0n) is 12.5. The van der Waals surface area contributed by atoms with E-state index < -0.39 is 48.6 Å². The maximum absolute atomic E-state index is 11.2. The van der Waals surface area contributed by atoms with Gasteiger partial charge in [0, 0.05) is 20.8 Å². The molecule has 22 heavy (non-hydrogen) atoms. The highest BCUT2D eigenvalue weighted by Gasteiger charge is 2.49. The molecule has 0 aromatic carbocycles. The van der Waals surface area contributed by atoms with Crippen molar-refractivity contribution in [3.05, 3.63) is 18.4 Å². The summed E-state index contributed by atoms with van der Waals surface area (Å²) < 4.78 is 20.2. The first-order valence-corrected chi connectivity index (χ1v) is 6.47. The van der Waals surface area contributed by atoms with Crippen LogP contribution in [0, 0.1) is 0 Å². The molecule has 1 aliphatic rings. The molecule has 122 valence electrons. The van der Waals surface area contributed by atoms with Crippen LogP contribution in [0.4, 0.5) is 0 Å². The number of esters is 3. The molecule has 5 atom stereocenters. The van der Waals surface area contributed by atoms with E-state index in [2.05, 4.69) is 12.3 Å². The Kier molecular flexibility index (Phi) is 6.30. The van der Waals surface area contributed by atoms with Gasteiger partial charge in [0.15, 0.2) is 18.3 Å². The molecule has 1 N–H and O–H groups in total. The molecular formula is C14H18O8. The van der Waals surface area contributed by atoms with E-state index in [0.717, 1.165) is 20.8 Å². The van der Waals surface area contributed by atoms with Crippen LogP contribution < -0.4 is 0 Å². The van der Waals surface area contributed by atoms with Crippen LogP contribution in [-0.4, -0.2) is 53.7 Å². The lowest BCUT2D eigenvalue weighted by Gasteiger charge is -2.41. The Balaban J connectivity index is 3.13. The molecule has 0 radical (unpaired) electrons. The van der Waals surface area contributed by atoms with E-state index in [1.54, 1.807) is 0 Å². The number of aliphatic hydroxyl groups is 1. The summed E-state index contributed by atoms with van der Waals surface area (Å²) in [6.07, 6.45) is -4.95. The van der Waals surface area contributed by atoms with Crippen LogP contribution in [0.25, 0.3) is 0 Å². The normalized spacial score (nSPS) is 30.6. The van der Waals surface area contributed by atoms with Crippen LogP contribution in [0.3, 0.4) is 0 Å². The van der Waals surface area contributed by atoms with Crippen LogP contribution in [0.15, 0.2) is 18.4 Å². The van der Waals surface area contributed by atoms with Gasteiger partial charge in [0.2, 0.25) is 6.29 Å². The van der Waals surface area contributed by atoms with Crippen LogP contribution in [0.2, 0.25) is 0 Å². The highest BCUT2D eigenvalue weighted by Crippen LogP contribution is 2.27. The molecular weight excluding hydrogens is 296 g/mol. The van der Waals surface area contributed by atoms with Crippen LogP contribution in [0.1, 0.15) is 20.8 Å².